The molecule has 1 rings (SSSR count). The van der Waals surface area contributed by atoms with Crippen LogP contribution < -0.4 is 5.32 Å². The lowest BCUT2D eigenvalue weighted by Gasteiger charge is -2.31. The van der Waals surface area contributed by atoms with Crippen molar-refractivity contribution in [2.45, 2.75) is 51.6 Å². The van der Waals surface area contributed by atoms with Gasteiger partial charge in [0.05, 0.1) is 0 Å². The molecule has 0 heterocycles. The third-order valence-corrected chi connectivity index (χ3v) is 3.67. The van der Waals surface area contributed by atoms with Crippen molar-refractivity contribution >= 4 is 0 Å². The molecule has 1 fully saturated rings. The first-order valence-electron chi connectivity index (χ1n) is 6.01. The van der Waals surface area contributed by atoms with Gasteiger partial charge < -0.3 is 10.2 Å². The van der Waals surface area contributed by atoms with Crippen molar-refractivity contribution in [3.05, 3.63) is 0 Å². The molecule has 1 aliphatic carbocycles. The summed E-state index contributed by atoms with van der Waals surface area (Å²) in [4.78, 5) is 2.28. The first kappa shape index (κ1) is 12.0. The lowest BCUT2D eigenvalue weighted by molar-refractivity contribution is 0.242. The Morgan fingerprint density at radius 2 is 1.93 bits per heavy atom. The number of likely N-dealkylation sites (N-methyl/N-ethyl adjacent to an activating group) is 1. The van der Waals surface area contributed by atoms with E-state index in [4.69, 9.17) is 0 Å². The topological polar surface area (TPSA) is 15.3 Å². The molecule has 0 spiro atoms. The van der Waals surface area contributed by atoms with Gasteiger partial charge in [-0.25, -0.2) is 0 Å². The molecule has 0 saturated heterocycles. The highest BCUT2D eigenvalue weighted by Gasteiger charge is 2.21. The monoisotopic (exact) mass is 198 g/mol. The highest BCUT2D eigenvalue weighted by Crippen LogP contribution is 2.23. The second-order valence-electron chi connectivity index (χ2n) is 5.09. The summed E-state index contributed by atoms with van der Waals surface area (Å²) < 4.78 is 0. The van der Waals surface area contributed by atoms with Gasteiger partial charge in [0.2, 0.25) is 0 Å². The van der Waals surface area contributed by atoms with Crippen LogP contribution in [0.5, 0.6) is 0 Å². The maximum Gasteiger partial charge on any atom is 0.0186 e. The van der Waals surface area contributed by atoms with Crippen molar-refractivity contribution in [3.63, 3.8) is 0 Å². The van der Waals surface area contributed by atoms with Crippen LogP contribution in [0.15, 0.2) is 0 Å². The number of nitrogens with zero attached hydrogens (tertiary/aromatic N) is 1. The summed E-state index contributed by atoms with van der Waals surface area (Å²) in [7, 11) is 4.30. The molecule has 0 bridgehead atoms. The molecule has 0 aromatic rings. The van der Waals surface area contributed by atoms with Crippen LogP contribution in [0.2, 0.25) is 0 Å². The van der Waals surface area contributed by atoms with Crippen molar-refractivity contribution in [1.82, 2.24) is 10.2 Å². The van der Waals surface area contributed by atoms with Gasteiger partial charge in [0, 0.05) is 18.6 Å². The van der Waals surface area contributed by atoms with Gasteiger partial charge >= 0.3 is 0 Å². The Kier molecular flexibility index (Phi) is 4.90. The van der Waals surface area contributed by atoms with E-state index in [-0.39, 0.29) is 0 Å². The van der Waals surface area contributed by atoms with E-state index < -0.39 is 0 Å². The smallest absolute Gasteiger partial charge is 0.0186 e. The van der Waals surface area contributed by atoms with Gasteiger partial charge in [-0.05, 0) is 39.8 Å². The van der Waals surface area contributed by atoms with Crippen molar-refractivity contribution < 1.29 is 0 Å². The molecule has 2 heteroatoms. The zero-order chi connectivity index (χ0) is 10.6. The predicted octanol–water partition coefficient (Wildman–Crippen LogP) is 2.10. The Morgan fingerprint density at radius 3 is 2.50 bits per heavy atom. The molecule has 0 radical (unpaired) electrons. The van der Waals surface area contributed by atoms with Gasteiger partial charge in [0.15, 0.2) is 0 Å². The van der Waals surface area contributed by atoms with E-state index >= 15 is 0 Å². The van der Waals surface area contributed by atoms with E-state index in [9.17, 15) is 0 Å². The minimum atomic E-state index is 0.643. The Bertz CT molecular complexity index is 156. The predicted molar refractivity (Wildman–Crippen MR) is 62.6 cm³/mol. The molecule has 1 saturated carbocycles. The van der Waals surface area contributed by atoms with Crippen LogP contribution in [-0.2, 0) is 0 Å². The molecule has 14 heavy (non-hydrogen) atoms. The molecule has 0 aliphatic heterocycles. The Morgan fingerprint density at radius 1 is 1.29 bits per heavy atom. The minimum absolute atomic E-state index is 0.643. The van der Waals surface area contributed by atoms with Gasteiger partial charge in [-0.3, -0.25) is 0 Å². The number of nitrogens with one attached hydrogen (secondary N) is 1. The van der Waals surface area contributed by atoms with E-state index in [2.05, 4.69) is 38.2 Å². The summed E-state index contributed by atoms with van der Waals surface area (Å²) in [6.45, 7) is 5.79. The zero-order valence-electron chi connectivity index (χ0n) is 10.2. The van der Waals surface area contributed by atoms with Crippen LogP contribution in [0.3, 0.4) is 0 Å². The zero-order valence-corrected chi connectivity index (χ0v) is 10.2. The van der Waals surface area contributed by atoms with Crippen LogP contribution >= 0.6 is 0 Å². The summed E-state index contributed by atoms with van der Waals surface area (Å²) in [5, 5.41) is 3.71. The quantitative estimate of drug-likeness (QED) is 0.744. The van der Waals surface area contributed by atoms with Crippen molar-refractivity contribution in [2.24, 2.45) is 5.92 Å². The second-order valence-corrected chi connectivity index (χ2v) is 5.09. The van der Waals surface area contributed by atoms with E-state index in [1.54, 1.807) is 0 Å². The van der Waals surface area contributed by atoms with Crippen LogP contribution in [0.25, 0.3) is 0 Å². The second kappa shape index (κ2) is 5.72. The van der Waals surface area contributed by atoms with Crippen molar-refractivity contribution in [3.8, 4) is 0 Å². The van der Waals surface area contributed by atoms with E-state index in [1.165, 1.54) is 25.7 Å². The highest BCUT2D eigenvalue weighted by molar-refractivity contribution is 4.79. The molecule has 1 N–H and O–H groups in total. The SMILES string of the molecule is CC1CCCCC1NCC(C)N(C)C. The lowest BCUT2D eigenvalue weighted by atomic mass is 9.86. The standard InChI is InChI=1S/C12H26N2/c1-10-7-5-6-8-12(10)13-9-11(2)14(3)4/h10-13H,5-9H2,1-4H3. The summed E-state index contributed by atoms with van der Waals surface area (Å²) in [5.74, 6) is 0.873. The van der Waals surface area contributed by atoms with Gasteiger partial charge in [-0.15, -0.1) is 0 Å². The number of hydrogen-bond acceptors (Lipinski definition) is 2. The Labute approximate surface area is 89.1 Å². The molecule has 3 atom stereocenters. The van der Waals surface area contributed by atoms with Gasteiger partial charge in [0.1, 0.15) is 0 Å². The average Bonchev–Trinajstić information content (AvgIpc) is 2.16. The van der Waals surface area contributed by atoms with Gasteiger partial charge in [-0.2, -0.15) is 0 Å². The Balaban J connectivity index is 2.22. The molecule has 0 amide bonds. The average molecular weight is 198 g/mol. The van der Waals surface area contributed by atoms with Crippen LogP contribution in [0.1, 0.15) is 39.5 Å². The fourth-order valence-electron chi connectivity index (χ4n) is 2.12. The largest absolute Gasteiger partial charge is 0.312 e. The van der Waals surface area contributed by atoms with Crippen LogP contribution in [-0.4, -0.2) is 37.6 Å². The molecule has 2 nitrogen and oxygen atoms in total. The molecular formula is C12H26N2. The van der Waals surface area contributed by atoms with E-state index in [1.807, 2.05) is 0 Å². The van der Waals surface area contributed by atoms with Crippen LogP contribution in [0.4, 0.5) is 0 Å². The fourth-order valence-corrected chi connectivity index (χ4v) is 2.12. The summed E-state index contributed by atoms with van der Waals surface area (Å²) in [6, 6.07) is 1.41. The third-order valence-electron chi connectivity index (χ3n) is 3.67. The number of hydrogen-bond donors (Lipinski definition) is 1. The van der Waals surface area contributed by atoms with Crippen LogP contribution in [0, 0.1) is 5.92 Å². The van der Waals surface area contributed by atoms with Gasteiger partial charge in [-0.1, -0.05) is 19.8 Å². The molecule has 0 aromatic heterocycles. The maximum absolute atomic E-state index is 3.71. The Hall–Kier alpha value is -0.0800. The first-order valence-corrected chi connectivity index (χ1v) is 6.01. The normalized spacial score (nSPS) is 30.6. The minimum Gasteiger partial charge on any atom is -0.312 e. The fraction of sp³-hybridized carbons (Fsp3) is 1.00. The van der Waals surface area contributed by atoms with E-state index in [0.29, 0.717) is 6.04 Å². The van der Waals surface area contributed by atoms with E-state index in [0.717, 1.165) is 18.5 Å². The third kappa shape index (κ3) is 3.58. The highest BCUT2D eigenvalue weighted by atomic mass is 15.1. The van der Waals surface area contributed by atoms with Crippen molar-refractivity contribution in [1.29, 1.82) is 0 Å². The summed E-state index contributed by atoms with van der Waals surface area (Å²) in [5.41, 5.74) is 0. The van der Waals surface area contributed by atoms with Gasteiger partial charge in [0.25, 0.3) is 0 Å². The molecule has 0 aromatic carbocycles. The summed E-state index contributed by atoms with van der Waals surface area (Å²) in [6.07, 6.45) is 5.64. The molecular weight excluding hydrogens is 172 g/mol. The summed E-state index contributed by atoms with van der Waals surface area (Å²) >= 11 is 0. The number of rotatable bonds is 4. The lowest BCUT2D eigenvalue weighted by Crippen LogP contribution is -2.44. The molecule has 84 valence electrons. The molecule has 1 aliphatic rings. The van der Waals surface area contributed by atoms with Crippen molar-refractivity contribution in [2.75, 3.05) is 20.6 Å². The first-order chi connectivity index (χ1) is 6.61. The maximum atomic E-state index is 3.71. The molecule has 3 unspecified atom stereocenters.